The molecule has 0 saturated carbocycles. The molecule has 0 aliphatic carbocycles. The SMILES string of the molecule is COc1ccc(C(=O)NCC(C)(C)CCCBr)cc1. The fraction of sp³-hybridized carbons (Fsp3) is 0.533. The van der Waals surface area contributed by atoms with E-state index in [1.165, 1.54) is 0 Å². The average Bonchev–Trinajstić information content (AvgIpc) is 2.43. The molecular weight excluding hydrogens is 306 g/mol. The van der Waals surface area contributed by atoms with Gasteiger partial charge in [-0.1, -0.05) is 29.8 Å². The van der Waals surface area contributed by atoms with E-state index in [9.17, 15) is 4.79 Å². The van der Waals surface area contributed by atoms with Gasteiger partial charge in [0.25, 0.3) is 5.91 Å². The van der Waals surface area contributed by atoms with Crippen molar-refractivity contribution in [1.82, 2.24) is 5.32 Å². The fourth-order valence-corrected chi connectivity index (χ4v) is 2.08. The van der Waals surface area contributed by atoms with Gasteiger partial charge in [0.2, 0.25) is 0 Å². The lowest BCUT2D eigenvalue weighted by atomic mass is 9.88. The maximum absolute atomic E-state index is 12.0. The summed E-state index contributed by atoms with van der Waals surface area (Å²) >= 11 is 3.43. The Morgan fingerprint density at radius 1 is 1.32 bits per heavy atom. The first-order chi connectivity index (χ1) is 8.98. The molecule has 19 heavy (non-hydrogen) atoms. The number of halogens is 1. The molecule has 0 atom stereocenters. The highest BCUT2D eigenvalue weighted by atomic mass is 79.9. The second kappa shape index (κ2) is 7.53. The van der Waals surface area contributed by atoms with E-state index in [1.807, 2.05) is 0 Å². The number of benzene rings is 1. The van der Waals surface area contributed by atoms with Crippen LogP contribution in [0, 0.1) is 5.41 Å². The van der Waals surface area contributed by atoms with Crippen LogP contribution in [0.25, 0.3) is 0 Å². The Bertz CT molecular complexity index is 401. The van der Waals surface area contributed by atoms with Crippen molar-refractivity contribution in [1.29, 1.82) is 0 Å². The topological polar surface area (TPSA) is 38.3 Å². The Labute approximate surface area is 123 Å². The van der Waals surface area contributed by atoms with Gasteiger partial charge in [-0.3, -0.25) is 4.79 Å². The Morgan fingerprint density at radius 3 is 2.47 bits per heavy atom. The summed E-state index contributed by atoms with van der Waals surface area (Å²) in [5.41, 5.74) is 0.785. The first-order valence-corrected chi connectivity index (χ1v) is 7.59. The number of alkyl halides is 1. The number of amides is 1. The molecule has 1 aromatic carbocycles. The summed E-state index contributed by atoms with van der Waals surface area (Å²) in [6.07, 6.45) is 2.20. The van der Waals surface area contributed by atoms with Crippen LogP contribution in [0.15, 0.2) is 24.3 Å². The largest absolute Gasteiger partial charge is 0.497 e. The van der Waals surface area contributed by atoms with Gasteiger partial charge in [0.05, 0.1) is 7.11 Å². The van der Waals surface area contributed by atoms with Gasteiger partial charge < -0.3 is 10.1 Å². The van der Waals surface area contributed by atoms with Crippen LogP contribution in [0.5, 0.6) is 5.75 Å². The molecular formula is C15H22BrNO2. The van der Waals surface area contributed by atoms with Crippen molar-refractivity contribution in [2.45, 2.75) is 26.7 Å². The summed E-state index contributed by atoms with van der Waals surface area (Å²) in [5.74, 6) is 0.726. The Balaban J connectivity index is 2.50. The van der Waals surface area contributed by atoms with E-state index in [0.29, 0.717) is 12.1 Å². The molecule has 0 heterocycles. The van der Waals surface area contributed by atoms with E-state index in [2.05, 4.69) is 35.1 Å². The molecule has 0 aliphatic heterocycles. The highest BCUT2D eigenvalue weighted by Gasteiger charge is 2.18. The van der Waals surface area contributed by atoms with Gasteiger partial charge in [-0.15, -0.1) is 0 Å². The molecule has 1 aromatic rings. The minimum absolute atomic E-state index is 0.0328. The smallest absolute Gasteiger partial charge is 0.251 e. The van der Waals surface area contributed by atoms with Crippen LogP contribution in [0.4, 0.5) is 0 Å². The molecule has 0 saturated heterocycles. The van der Waals surface area contributed by atoms with Gasteiger partial charge in [0, 0.05) is 17.4 Å². The van der Waals surface area contributed by atoms with Gasteiger partial charge >= 0.3 is 0 Å². The molecule has 0 bridgehead atoms. The van der Waals surface area contributed by atoms with E-state index in [0.717, 1.165) is 23.9 Å². The third-order valence-corrected chi connectivity index (χ3v) is 3.63. The highest BCUT2D eigenvalue weighted by Crippen LogP contribution is 2.21. The van der Waals surface area contributed by atoms with Crippen LogP contribution >= 0.6 is 15.9 Å². The maximum atomic E-state index is 12.0. The zero-order chi connectivity index (χ0) is 14.3. The lowest BCUT2D eigenvalue weighted by molar-refractivity contribution is 0.0934. The second-order valence-electron chi connectivity index (χ2n) is 5.37. The number of rotatable bonds is 7. The third kappa shape index (κ3) is 5.64. The molecule has 1 amide bonds. The van der Waals surface area contributed by atoms with Crippen molar-refractivity contribution < 1.29 is 9.53 Å². The van der Waals surface area contributed by atoms with Gasteiger partial charge in [0.1, 0.15) is 5.75 Å². The quantitative estimate of drug-likeness (QED) is 0.776. The lowest BCUT2D eigenvalue weighted by Gasteiger charge is -2.24. The first kappa shape index (κ1) is 16.0. The zero-order valence-corrected chi connectivity index (χ0v) is 13.4. The van der Waals surface area contributed by atoms with Crippen molar-refractivity contribution in [2.75, 3.05) is 19.0 Å². The Hall–Kier alpha value is -1.03. The molecule has 0 aromatic heterocycles. The van der Waals surface area contributed by atoms with Crippen LogP contribution in [0.2, 0.25) is 0 Å². The number of ether oxygens (including phenoxy) is 1. The second-order valence-corrected chi connectivity index (χ2v) is 6.16. The predicted octanol–water partition coefficient (Wildman–Crippen LogP) is 3.63. The van der Waals surface area contributed by atoms with Crippen LogP contribution < -0.4 is 10.1 Å². The Morgan fingerprint density at radius 2 is 1.95 bits per heavy atom. The third-order valence-electron chi connectivity index (χ3n) is 3.07. The molecule has 0 spiro atoms. The average molecular weight is 328 g/mol. The normalized spacial score (nSPS) is 11.2. The number of carbonyl (C=O) groups is 1. The van der Waals surface area contributed by atoms with Crippen molar-refractivity contribution in [3.05, 3.63) is 29.8 Å². The molecule has 1 N–H and O–H groups in total. The van der Waals surface area contributed by atoms with Crippen LogP contribution in [0.3, 0.4) is 0 Å². The zero-order valence-electron chi connectivity index (χ0n) is 11.8. The molecule has 0 unspecified atom stereocenters. The van der Waals surface area contributed by atoms with Crippen molar-refractivity contribution in [2.24, 2.45) is 5.41 Å². The summed E-state index contributed by atoms with van der Waals surface area (Å²) < 4.78 is 5.07. The summed E-state index contributed by atoms with van der Waals surface area (Å²) in [5, 5.41) is 3.99. The van der Waals surface area contributed by atoms with Crippen molar-refractivity contribution in [3.8, 4) is 5.75 Å². The number of methoxy groups -OCH3 is 1. The molecule has 0 radical (unpaired) electrons. The number of hydrogen-bond donors (Lipinski definition) is 1. The fourth-order valence-electron chi connectivity index (χ4n) is 1.80. The molecule has 4 heteroatoms. The summed E-state index contributed by atoms with van der Waals surface area (Å²) in [4.78, 5) is 12.0. The Kier molecular flexibility index (Phi) is 6.35. The number of hydrogen-bond acceptors (Lipinski definition) is 2. The molecule has 106 valence electrons. The van der Waals surface area contributed by atoms with Crippen molar-refractivity contribution in [3.63, 3.8) is 0 Å². The minimum atomic E-state index is -0.0328. The number of carbonyl (C=O) groups excluding carboxylic acids is 1. The highest BCUT2D eigenvalue weighted by molar-refractivity contribution is 9.09. The van der Waals surface area contributed by atoms with Gasteiger partial charge in [-0.25, -0.2) is 0 Å². The number of nitrogens with one attached hydrogen (secondary N) is 1. The van der Waals surface area contributed by atoms with E-state index in [-0.39, 0.29) is 11.3 Å². The van der Waals surface area contributed by atoms with Gasteiger partial charge in [0.15, 0.2) is 0 Å². The van der Waals surface area contributed by atoms with E-state index in [4.69, 9.17) is 4.74 Å². The van der Waals surface area contributed by atoms with Gasteiger partial charge in [-0.2, -0.15) is 0 Å². The van der Waals surface area contributed by atoms with Crippen LogP contribution in [-0.2, 0) is 0 Å². The minimum Gasteiger partial charge on any atom is -0.497 e. The van der Waals surface area contributed by atoms with Crippen molar-refractivity contribution >= 4 is 21.8 Å². The van der Waals surface area contributed by atoms with E-state index >= 15 is 0 Å². The first-order valence-electron chi connectivity index (χ1n) is 6.47. The van der Waals surface area contributed by atoms with Gasteiger partial charge in [-0.05, 0) is 42.5 Å². The monoisotopic (exact) mass is 327 g/mol. The van der Waals surface area contributed by atoms with Crippen LogP contribution in [0.1, 0.15) is 37.0 Å². The predicted molar refractivity (Wildman–Crippen MR) is 82.1 cm³/mol. The molecule has 0 aliphatic rings. The standard InChI is InChI=1S/C15H22BrNO2/c1-15(2,9-4-10-16)11-17-14(18)12-5-7-13(19-3)8-6-12/h5-8H,4,9-11H2,1-3H3,(H,17,18). The van der Waals surface area contributed by atoms with E-state index < -0.39 is 0 Å². The van der Waals surface area contributed by atoms with Crippen LogP contribution in [-0.4, -0.2) is 24.9 Å². The molecule has 0 fully saturated rings. The molecule has 1 rings (SSSR count). The van der Waals surface area contributed by atoms with E-state index in [1.54, 1.807) is 31.4 Å². The summed E-state index contributed by atoms with van der Waals surface area (Å²) in [7, 11) is 1.61. The molecule has 3 nitrogen and oxygen atoms in total. The summed E-state index contributed by atoms with van der Waals surface area (Å²) in [6, 6.07) is 7.15. The lowest BCUT2D eigenvalue weighted by Crippen LogP contribution is -2.34. The maximum Gasteiger partial charge on any atom is 0.251 e. The summed E-state index contributed by atoms with van der Waals surface area (Å²) in [6.45, 7) is 5.03.